The molecule has 0 saturated heterocycles. The molecule has 0 N–H and O–H groups in total. The molecule has 1 heteroatoms. The zero-order chi connectivity index (χ0) is 6.91. The molecule has 0 unspecified atom stereocenters. The summed E-state index contributed by atoms with van der Waals surface area (Å²) in [5, 5.41) is 0. The van der Waals surface area contributed by atoms with Crippen molar-refractivity contribution < 1.29 is 4.79 Å². The molecule has 0 bridgehead atoms. The molecule has 0 aromatic heterocycles. The van der Waals surface area contributed by atoms with E-state index in [1.807, 2.05) is 0 Å². The van der Waals surface area contributed by atoms with E-state index in [4.69, 9.17) is 0 Å². The summed E-state index contributed by atoms with van der Waals surface area (Å²) < 4.78 is 0. The second kappa shape index (κ2) is 2.13. The van der Waals surface area contributed by atoms with Crippen LogP contribution in [-0.4, -0.2) is 5.78 Å². The van der Waals surface area contributed by atoms with Crippen molar-refractivity contribution in [2.75, 3.05) is 0 Å². The van der Waals surface area contributed by atoms with E-state index in [2.05, 4.69) is 26.7 Å². The first-order chi connectivity index (χ1) is 4.10. The van der Waals surface area contributed by atoms with Gasteiger partial charge in [0.1, 0.15) is 5.78 Å². The first kappa shape index (κ1) is 6.79. The maximum absolute atomic E-state index is 10.5. The summed E-state index contributed by atoms with van der Waals surface area (Å²) in [6.45, 7) is 4.22. The molecule has 1 rings (SSSR count). The van der Waals surface area contributed by atoms with Crippen molar-refractivity contribution in [3.63, 3.8) is 0 Å². The Hall–Kier alpha value is -0.330. The third kappa shape index (κ3) is 1.81. The van der Waals surface area contributed by atoms with Crippen molar-refractivity contribution in [1.82, 2.24) is 0 Å². The van der Waals surface area contributed by atoms with Gasteiger partial charge in [-0.15, -0.1) is 0 Å². The summed E-state index contributed by atoms with van der Waals surface area (Å²) in [5.74, 6) is -0.0469. The number of ketones is 1. The van der Waals surface area contributed by atoms with Crippen LogP contribution in [0.4, 0.5) is 0 Å². The van der Waals surface area contributed by atoms with E-state index in [9.17, 15) is 4.79 Å². The predicted molar refractivity (Wildman–Crippen MR) is 34.5 cm³/mol. The fraction of sp³-hybridized carbons (Fsp3) is 0.625. The van der Waals surface area contributed by atoms with E-state index in [1.54, 1.807) is 0 Å². The number of hydrogen-bond acceptors (Lipinski definition) is 1. The Morgan fingerprint density at radius 1 is 1.33 bits per heavy atom. The molecule has 0 atom stereocenters. The Kier molecular flexibility index (Phi) is 1.60. The van der Waals surface area contributed by atoms with Gasteiger partial charge < -0.3 is 0 Å². The quantitative estimate of drug-likeness (QED) is 0.476. The van der Waals surface area contributed by atoms with Crippen molar-refractivity contribution in [1.29, 1.82) is 0 Å². The van der Waals surface area contributed by atoms with E-state index >= 15 is 0 Å². The average molecular weight is 122 g/mol. The fourth-order valence-corrected chi connectivity index (χ4v) is 0.764. The van der Waals surface area contributed by atoms with E-state index in [-0.39, 0.29) is 11.2 Å². The highest BCUT2D eigenvalue weighted by molar-refractivity contribution is 5.95. The number of hydrogen-bond donors (Lipinski definition) is 0. The van der Waals surface area contributed by atoms with Gasteiger partial charge in [0.15, 0.2) is 0 Å². The zero-order valence-electron chi connectivity index (χ0n) is 5.82. The Labute approximate surface area is 56.4 Å². The predicted octanol–water partition coefficient (Wildman–Crippen LogP) is 1.54. The molecule has 9 heavy (non-hydrogen) atoms. The van der Waals surface area contributed by atoms with Gasteiger partial charge >= 0.3 is 0 Å². The zero-order valence-corrected chi connectivity index (χ0v) is 5.82. The highest BCUT2D eigenvalue weighted by Gasteiger charge is 2.26. The van der Waals surface area contributed by atoms with Gasteiger partial charge in [0.05, 0.1) is 12.8 Å². The summed E-state index contributed by atoms with van der Waals surface area (Å²) in [4.78, 5) is 10.5. The number of carbonyl (C=O) groups excluding carboxylic acids is 1. The van der Waals surface area contributed by atoms with E-state index in [1.165, 1.54) is 0 Å². The van der Waals surface area contributed by atoms with Crippen LogP contribution in [0.25, 0.3) is 0 Å². The van der Waals surface area contributed by atoms with Crippen LogP contribution in [0.1, 0.15) is 26.7 Å². The Morgan fingerprint density at radius 2 is 1.78 bits per heavy atom. The molecule has 1 nitrogen and oxygen atoms in total. The third-order valence-electron chi connectivity index (χ3n) is 1.45. The van der Waals surface area contributed by atoms with E-state index in [0.29, 0.717) is 0 Å². The summed E-state index contributed by atoms with van der Waals surface area (Å²) in [6.07, 6.45) is 7.00. The molecular weight excluding hydrogens is 112 g/mol. The van der Waals surface area contributed by atoms with Crippen LogP contribution < -0.4 is 0 Å². The molecule has 48 valence electrons. The topological polar surface area (TPSA) is 17.1 Å². The molecular formula is C8H10O. The average Bonchev–Trinajstić information content (AvgIpc) is 1.78. The summed E-state index contributed by atoms with van der Waals surface area (Å²) in [6, 6.07) is 0. The lowest BCUT2D eigenvalue weighted by Gasteiger charge is -2.26. The second-order valence-electron chi connectivity index (χ2n) is 3.20. The monoisotopic (exact) mass is 122 g/mol. The first-order valence-corrected chi connectivity index (χ1v) is 3.12. The Balaban J connectivity index is 2.44. The maximum Gasteiger partial charge on any atom is 0.149 e. The van der Waals surface area contributed by atoms with Crippen LogP contribution in [0.5, 0.6) is 0 Å². The molecule has 0 heterocycles. The molecule has 1 fully saturated rings. The Bertz CT molecular complexity index is 113. The van der Waals surface area contributed by atoms with E-state index in [0.717, 1.165) is 12.8 Å². The van der Waals surface area contributed by atoms with Crippen LogP contribution in [-0.2, 0) is 4.79 Å². The SMILES string of the molecule is CC1(C)C[C]C(=O)[C]C1. The fourth-order valence-electron chi connectivity index (χ4n) is 0.764. The van der Waals surface area contributed by atoms with Gasteiger partial charge in [0.25, 0.3) is 0 Å². The van der Waals surface area contributed by atoms with E-state index < -0.39 is 0 Å². The van der Waals surface area contributed by atoms with Crippen LogP contribution in [0.3, 0.4) is 0 Å². The molecule has 0 spiro atoms. The minimum absolute atomic E-state index is 0.0469. The minimum atomic E-state index is -0.0469. The maximum atomic E-state index is 10.5. The van der Waals surface area contributed by atoms with Crippen molar-refractivity contribution in [3.8, 4) is 0 Å². The van der Waals surface area contributed by atoms with Gasteiger partial charge in [-0.25, -0.2) is 0 Å². The largest absolute Gasteiger partial charge is 0.298 e. The molecule has 0 amide bonds. The molecule has 0 aromatic rings. The summed E-state index contributed by atoms with van der Waals surface area (Å²) in [5.41, 5.74) is 0.216. The molecule has 0 aliphatic heterocycles. The van der Waals surface area contributed by atoms with Gasteiger partial charge in [0, 0.05) is 0 Å². The minimum Gasteiger partial charge on any atom is -0.298 e. The number of carbonyl (C=O) groups is 1. The smallest absolute Gasteiger partial charge is 0.149 e. The van der Waals surface area contributed by atoms with Gasteiger partial charge in [-0.2, -0.15) is 0 Å². The van der Waals surface area contributed by atoms with Gasteiger partial charge in [-0.05, 0) is 18.3 Å². The summed E-state index contributed by atoms with van der Waals surface area (Å²) in [7, 11) is 0. The van der Waals surface area contributed by atoms with Crippen molar-refractivity contribution >= 4 is 5.78 Å². The number of rotatable bonds is 0. The second-order valence-corrected chi connectivity index (χ2v) is 3.20. The molecule has 1 saturated carbocycles. The molecule has 1 aliphatic carbocycles. The van der Waals surface area contributed by atoms with Crippen LogP contribution >= 0.6 is 0 Å². The standard InChI is InChI=1S/C8H10O/c1-8(2)5-3-7(9)4-6-8/h5-6H2,1-2H3. The van der Waals surface area contributed by atoms with Crippen LogP contribution in [0, 0.1) is 18.3 Å². The van der Waals surface area contributed by atoms with Gasteiger partial charge in [-0.1, -0.05) is 13.8 Å². The normalized spacial score (nSPS) is 26.2. The highest BCUT2D eigenvalue weighted by Crippen LogP contribution is 2.31. The summed E-state index contributed by atoms with van der Waals surface area (Å²) >= 11 is 0. The lowest BCUT2D eigenvalue weighted by atomic mass is 9.77. The lowest BCUT2D eigenvalue weighted by Crippen LogP contribution is -2.21. The molecule has 1 aliphatic rings. The Morgan fingerprint density at radius 3 is 2.11 bits per heavy atom. The van der Waals surface area contributed by atoms with Crippen molar-refractivity contribution in [3.05, 3.63) is 12.8 Å². The number of Topliss-reactive ketones (excluding diaryl/α,β-unsaturated/α-hetero) is 1. The third-order valence-corrected chi connectivity index (χ3v) is 1.45. The first-order valence-electron chi connectivity index (χ1n) is 3.12. The molecule has 0 aromatic carbocycles. The van der Waals surface area contributed by atoms with Crippen LogP contribution in [0.15, 0.2) is 0 Å². The lowest BCUT2D eigenvalue weighted by molar-refractivity contribution is -0.114. The van der Waals surface area contributed by atoms with Gasteiger partial charge in [-0.3, -0.25) is 4.79 Å². The van der Waals surface area contributed by atoms with Gasteiger partial charge in [0.2, 0.25) is 0 Å². The van der Waals surface area contributed by atoms with Crippen LogP contribution in [0.2, 0.25) is 0 Å². The van der Waals surface area contributed by atoms with Crippen molar-refractivity contribution in [2.45, 2.75) is 26.7 Å². The van der Waals surface area contributed by atoms with Crippen molar-refractivity contribution in [2.24, 2.45) is 5.41 Å². The molecule has 4 radical (unpaired) electrons. The highest BCUT2D eigenvalue weighted by atomic mass is 16.1.